The number of rotatable bonds is 3. The highest BCUT2D eigenvalue weighted by Gasteiger charge is 2.55. The van der Waals surface area contributed by atoms with E-state index in [4.69, 9.17) is 20.9 Å². The van der Waals surface area contributed by atoms with Gasteiger partial charge in [-0.15, -0.1) is 0 Å². The zero-order chi connectivity index (χ0) is 21.6. The molecular formula is C19H19BClF3N2O3. The van der Waals surface area contributed by atoms with Crippen molar-refractivity contribution in [2.24, 2.45) is 0 Å². The third-order valence-electron chi connectivity index (χ3n) is 5.11. The van der Waals surface area contributed by atoms with E-state index in [1.165, 1.54) is 12.1 Å². The van der Waals surface area contributed by atoms with Crippen molar-refractivity contribution in [1.29, 1.82) is 0 Å². The number of alkyl halides is 3. The first-order chi connectivity index (χ1) is 13.3. The van der Waals surface area contributed by atoms with Crippen LogP contribution in [0.25, 0.3) is 0 Å². The standard InChI is InChI=1S/C19H19BClF3N2O3/c1-17(2)18(3,4)29-20(28-17)14-13(19(22,23)24)12(21)10-25-15(14)26-16(27)11-8-6-5-7-9-11/h5-10H,1-4H3,(H,25,26,27). The van der Waals surface area contributed by atoms with Gasteiger partial charge in [-0.1, -0.05) is 29.8 Å². The van der Waals surface area contributed by atoms with E-state index >= 15 is 0 Å². The van der Waals surface area contributed by atoms with Crippen LogP contribution in [0.4, 0.5) is 19.0 Å². The largest absolute Gasteiger partial charge is 0.499 e. The summed E-state index contributed by atoms with van der Waals surface area (Å²) in [6.45, 7) is 6.84. The molecule has 1 aromatic carbocycles. The zero-order valence-corrected chi connectivity index (χ0v) is 17.0. The fourth-order valence-electron chi connectivity index (χ4n) is 2.85. The first-order valence-corrected chi connectivity index (χ1v) is 9.19. The second-order valence-electron chi connectivity index (χ2n) is 7.65. The van der Waals surface area contributed by atoms with Crippen LogP contribution in [0.2, 0.25) is 5.02 Å². The van der Waals surface area contributed by atoms with Gasteiger partial charge in [-0.2, -0.15) is 13.2 Å². The SMILES string of the molecule is CC1(C)OB(c2c(NC(=O)c3ccccc3)ncc(Cl)c2C(F)(F)F)OC1(C)C. The third-order valence-corrected chi connectivity index (χ3v) is 5.40. The number of aromatic nitrogens is 1. The Balaban J connectivity index is 2.11. The number of nitrogens with zero attached hydrogens (tertiary/aromatic N) is 1. The molecule has 10 heteroatoms. The Kier molecular flexibility index (Phi) is 5.44. The Labute approximate surface area is 171 Å². The van der Waals surface area contributed by atoms with Gasteiger partial charge in [0.15, 0.2) is 0 Å². The van der Waals surface area contributed by atoms with Crippen molar-refractivity contribution in [2.75, 3.05) is 5.32 Å². The van der Waals surface area contributed by atoms with Gasteiger partial charge in [0.2, 0.25) is 0 Å². The van der Waals surface area contributed by atoms with Gasteiger partial charge in [-0.25, -0.2) is 4.98 Å². The molecule has 1 aliphatic rings. The molecule has 1 saturated heterocycles. The summed E-state index contributed by atoms with van der Waals surface area (Å²) in [5, 5.41) is 1.82. The molecule has 1 fully saturated rings. The van der Waals surface area contributed by atoms with Gasteiger partial charge in [-0.3, -0.25) is 4.79 Å². The summed E-state index contributed by atoms with van der Waals surface area (Å²) >= 11 is 5.85. The number of amides is 1. The summed E-state index contributed by atoms with van der Waals surface area (Å²) < 4.78 is 53.1. The second kappa shape index (κ2) is 7.30. The maximum absolute atomic E-state index is 13.9. The number of nitrogens with one attached hydrogen (secondary N) is 1. The van der Waals surface area contributed by atoms with Crippen molar-refractivity contribution in [2.45, 2.75) is 45.1 Å². The van der Waals surface area contributed by atoms with E-state index in [1.54, 1.807) is 45.9 Å². The first kappa shape index (κ1) is 21.6. The number of benzene rings is 1. The molecular weight excluding hydrogens is 407 g/mol. The average molecular weight is 427 g/mol. The van der Waals surface area contributed by atoms with Crippen molar-refractivity contribution in [3.63, 3.8) is 0 Å². The monoisotopic (exact) mass is 426 g/mol. The molecule has 3 rings (SSSR count). The van der Waals surface area contributed by atoms with Gasteiger partial charge in [0.25, 0.3) is 5.91 Å². The molecule has 0 aliphatic carbocycles. The number of carbonyl (C=O) groups excluding carboxylic acids is 1. The van der Waals surface area contributed by atoms with E-state index in [0.717, 1.165) is 6.20 Å². The van der Waals surface area contributed by atoms with Crippen LogP contribution in [0.15, 0.2) is 36.5 Å². The van der Waals surface area contributed by atoms with Crippen LogP contribution in [0, 0.1) is 0 Å². The van der Waals surface area contributed by atoms with Crippen molar-refractivity contribution in [3.05, 3.63) is 52.7 Å². The molecule has 1 aromatic heterocycles. The topological polar surface area (TPSA) is 60.5 Å². The van der Waals surface area contributed by atoms with Gasteiger partial charge in [0, 0.05) is 17.2 Å². The molecule has 0 spiro atoms. The minimum atomic E-state index is -4.81. The van der Waals surface area contributed by atoms with Crippen LogP contribution in [-0.4, -0.2) is 29.2 Å². The van der Waals surface area contributed by atoms with Crippen LogP contribution in [0.3, 0.4) is 0 Å². The summed E-state index contributed by atoms with van der Waals surface area (Å²) in [4.78, 5) is 16.5. The highest BCUT2D eigenvalue weighted by atomic mass is 35.5. The lowest BCUT2D eigenvalue weighted by molar-refractivity contribution is -0.136. The van der Waals surface area contributed by atoms with E-state index in [0.29, 0.717) is 0 Å². The molecule has 1 aliphatic heterocycles. The summed E-state index contributed by atoms with van der Waals surface area (Å²) in [5.41, 5.74) is -3.16. The molecule has 154 valence electrons. The number of hydrogen-bond donors (Lipinski definition) is 1. The fourth-order valence-corrected chi connectivity index (χ4v) is 3.11. The van der Waals surface area contributed by atoms with Gasteiger partial charge < -0.3 is 14.6 Å². The molecule has 5 nitrogen and oxygen atoms in total. The van der Waals surface area contributed by atoms with E-state index in [1.807, 2.05) is 0 Å². The van der Waals surface area contributed by atoms with Gasteiger partial charge >= 0.3 is 13.3 Å². The fraction of sp³-hybridized carbons (Fsp3) is 0.368. The quantitative estimate of drug-likeness (QED) is 0.743. The van der Waals surface area contributed by atoms with Crippen LogP contribution >= 0.6 is 11.6 Å². The van der Waals surface area contributed by atoms with Gasteiger partial charge in [0.05, 0.1) is 21.8 Å². The maximum Gasteiger partial charge on any atom is 0.499 e. The first-order valence-electron chi connectivity index (χ1n) is 8.81. The lowest BCUT2D eigenvalue weighted by atomic mass is 9.75. The Morgan fingerprint density at radius 3 is 2.17 bits per heavy atom. The van der Waals surface area contributed by atoms with Crippen LogP contribution in [0.1, 0.15) is 43.6 Å². The van der Waals surface area contributed by atoms with E-state index in [2.05, 4.69) is 10.3 Å². The molecule has 0 radical (unpaired) electrons. The van der Waals surface area contributed by atoms with Gasteiger partial charge in [0.1, 0.15) is 5.82 Å². The third kappa shape index (κ3) is 4.13. The number of halogens is 4. The summed E-state index contributed by atoms with van der Waals surface area (Å²) in [5.74, 6) is -0.944. The zero-order valence-electron chi connectivity index (χ0n) is 16.2. The van der Waals surface area contributed by atoms with Crippen molar-refractivity contribution in [3.8, 4) is 0 Å². The van der Waals surface area contributed by atoms with Gasteiger partial charge in [-0.05, 0) is 39.8 Å². The molecule has 1 N–H and O–H groups in total. The number of pyridine rings is 1. The van der Waals surface area contributed by atoms with Crippen molar-refractivity contribution < 1.29 is 27.3 Å². The Bertz CT molecular complexity index is 920. The smallest absolute Gasteiger partial charge is 0.399 e. The van der Waals surface area contributed by atoms with Crippen molar-refractivity contribution in [1.82, 2.24) is 4.98 Å². The molecule has 2 aromatic rings. The predicted molar refractivity (Wildman–Crippen MR) is 104 cm³/mol. The minimum absolute atomic E-state index is 0.262. The summed E-state index contributed by atoms with van der Waals surface area (Å²) in [7, 11) is -1.42. The van der Waals surface area contributed by atoms with E-state index < -0.39 is 46.5 Å². The highest BCUT2D eigenvalue weighted by molar-refractivity contribution is 6.65. The van der Waals surface area contributed by atoms with Crippen molar-refractivity contribution >= 4 is 35.9 Å². The summed E-state index contributed by atoms with van der Waals surface area (Å²) in [6.07, 6.45) is -3.97. The predicted octanol–water partition coefficient (Wildman–Crippen LogP) is 4.31. The van der Waals surface area contributed by atoms with E-state index in [-0.39, 0.29) is 11.4 Å². The van der Waals surface area contributed by atoms with Crippen LogP contribution in [0.5, 0.6) is 0 Å². The number of anilines is 1. The van der Waals surface area contributed by atoms with Crippen LogP contribution in [-0.2, 0) is 15.5 Å². The Morgan fingerprint density at radius 1 is 1.10 bits per heavy atom. The molecule has 29 heavy (non-hydrogen) atoms. The average Bonchev–Trinajstić information content (AvgIpc) is 2.83. The Morgan fingerprint density at radius 2 is 1.66 bits per heavy atom. The van der Waals surface area contributed by atoms with E-state index in [9.17, 15) is 18.0 Å². The molecule has 0 unspecified atom stereocenters. The molecule has 1 amide bonds. The Hall–Kier alpha value is -2.10. The molecule has 2 heterocycles. The minimum Gasteiger partial charge on any atom is -0.399 e. The lowest BCUT2D eigenvalue weighted by Crippen LogP contribution is -2.42. The normalized spacial score (nSPS) is 18.0. The lowest BCUT2D eigenvalue weighted by Gasteiger charge is -2.32. The molecule has 0 bridgehead atoms. The number of carbonyl (C=O) groups is 1. The summed E-state index contributed by atoms with van der Waals surface area (Å²) in [6, 6.07) is 8.06. The highest BCUT2D eigenvalue weighted by Crippen LogP contribution is 2.40. The second-order valence-corrected chi connectivity index (χ2v) is 8.06. The maximum atomic E-state index is 13.9. The molecule has 0 saturated carbocycles. The molecule has 0 atom stereocenters. The van der Waals surface area contributed by atoms with Crippen LogP contribution < -0.4 is 10.8 Å². The number of hydrogen-bond acceptors (Lipinski definition) is 4.